The number of rotatable bonds is 8. The summed E-state index contributed by atoms with van der Waals surface area (Å²) in [6.45, 7) is 4.92. The fraction of sp³-hybridized carbons (Fsp3) is 0.909. The predicted octanol–water partition coefficient (Wildman–Crippen LogP) is 0.326. The lowest BCUT2D eigenvalue weighted by molar-refractivity contribution is -0.122. The summed E-state index contributed by atoms with van der Waals surface area (Å²) in [4.78, 5) is 13.7. The van der Waals surface area contributed by atoms with Crippen LogP contribution in [-0.2, 0) is 4.79 Å². The van der Waals surface area contributed by atoms with Gasteiger partial charge in [0.15, 0.2) is 0 Å². The molecule has 0 bridgehead atoms. The molecule has 0 unspecified atom stereocenters. The van der Waals surface area contributed by atoms with E-state index in [0.717, 1.165) is 25.9 Å². The Morgan fingerprint density at radius 1 is 1.53 bits per heavy atom. The van der Waals surface area contributed by atoms with Crippen molar-refractivity contribution in [3.8, 4) is 0 Å². The van der Waals surface area contributed by atoms with Crippen molar-refractivity contribution in [2.75, 3.05) is 26.2 Å². The minimum atomic E-state index is 0.142. The number of nitrogens with one attached hydrogen (secondary N) is 1. The zero-order valence-electron chi connectivity index (χ0n) is 9.67. The summed E-state index contributed by atoms with van der Waals surface area (Å²) in [5.41, 5.74) is 5.52. The van der Waals surface area contributed by atoms with Gasteiger partial charge in [0.2, 0.25) is 5.91 Å². The summed E-state index contributed by atoms with van der Waals surface area (Å²) in [6.07, 6.45) is 4.63. The van der Waals surface area contributed by atoms with Gasteiger partial charge in [0.05, 0.1) is 6.54 Å². The molecule has 1 amide bonds. The molecule has 0 aromatic carbocycles. The van der Waals surface area contributed by atoms with Gasteiger partial charge in [-0.2, -0.15) is 0 Å². The molecule has 0 spiro atoms. The number of carbonyl (C=O) groups is 1. The van der Waals surface area contributed by atoms with Crippen LogP contribution >= 0.6 is 0 Å². The highest BCUT2D eigenvalue weighted by Crippen LogP contribution is 2.25. The second-order valence-corrected chi connectivity index (χ2v) is 4.19. The number of amides is 1. The first-order chi connectivity index (χ1) is 7.27. The Morgan fingerprint density at radius 3 is 2.80 bits per heavy atom. The van der Waals surface area contributed by atoms with Crippen molar-refractivity contribution in [2.45, 2.75) is 38.6 Å². The van der Waals surface area contributed by atoms with E-state index >= 15 is 0 Å². The molecule has 15 heavy (non-hydrogen) atoms. The summed E-state index contributed by atoms with van der Waals surface area (Å²) in [5, 5.41) is 2.93. The number of hydrogen-bond acceptors (Lipinski definition) is 3. The van der Waals surface area contributed by atoms with Crippen LogP contribution in [0.3, 0.4) is 0 Å². The third kappa shape index (κ3) is 5.14. The van der Waals surface area contributed by atoms with Crippen LogP contribution in [0, 0.1) is 0 Å². The van der Waals surface area contributed by atoms with Crippen LogP contribution in [0.15, 0.2) is 0 Å². The van der Waals surface area contributed by atoms with Crippen molar-refractivity contribution in [3.63, 3.8) is 0 Å². The first-order valence-corrected chi connectivity index (χ1v) is 5.98. The van der Waals surface area contributed by atoms with E-state index in [1.807, 2.05) is 0 Å². The zero-order valence-corrected chi connectivity index (χ0v) is 9.67. The normalized spacial score (nSPS) is 15.7. The van der Waals surface area contributed by atoms with Crippen LogP contribution in [0.2, 0.25) is 0 Å². The highest BCUT2D eigenvalue weighted by Gasteiger charge is 2.29. The van der Waals surface area contributed by atoms with Crippen LogP contribution in [0.1, 0.15) is 32.6 Å². The topological polar surface area (TPSA) is 58.4 Å². The molecular weight excluding hydrogens is 190 g/mol. The van der Waals surface area contributed by atoms with Crippen LogP contribution < -0.4 is 11.1 Å². The molecule has 0 heterocycles. The largest absolute Gasteiger partial charge is 0.355 e. The summed E-state index contributed by atoms with van der Waals surface area (Å²) in [5.74, 6) is 0.142. The number of hydrogen-bond donors (Lipinski definition) is 2. The molecule has 0 saturated heterocycles. The lowest BCUT2D eigenvalue weighted by Crippen LogP contribution is -2.41. The first kappa shape index (κ1) is 12.5. The lowest BCUT2D eigenvalue weighted by atomic mass is 10.3. The van der Waals surface area contributed by atoms with Crippen molar-refractivity contribution in [2.24, 2.45) is 5.73 Å². The molecule has 1 aliphatic rings. The molecule has 0 aromatic heterocycles. The average Bonchev–Trinajstić information content (AvgIpc) is 3.01. The van der Waals surface area contributed by atoms with E-state index in [0.29, 0.717) is 19.1 Å². The van der Waals surface area contributed by atoms with E-state index in [1.165, 1.54) is 12.8 Å². The average molecular weight is 213 g/mol. The summed E-state index contributed by atoms with van der Waals surface area (Å²) < 4.78 is 0. The van der Waals surface area contributed by atoms with Crippen LogP contribution in [0.25, 0.3) is 0 Å². The number of carbonyl (C=O) groups excluding carboxylic acids is 1. The van der Waals surface area contributed by atoms with Crippen molar-refractivity contribution in [1.82, 2.24) is 10.2 Å². The molecule has 1 aliphatic carbocycles. The molecule has 1 rings (SSSR count). The molecule has 0 atom stereocenters. The van der Waals surface area contributed by atoms with Gasteiger partial charge in [-0.25, -0.2) is 0 Å². The van der Waals surface area contributed by atoms with Gasteiger partial charge in [-0.3, -0.25) is 9.69 Å². The third-order valence-corrected chi connectivity index (χ3v) is 2.68. The van der Waals surface area contributed by atoms with Gasteiger partial charge in [0, 0.05) is 25.7 Å². The van der Waals surface area contributed by atoms with Gasteiger partial charge in [0.1, 0.15) is 0 Å². The molecule has 0 aromatic rings. The van der Waals surface area contributed by atoms with Crippen LogP contribution in [0.5, 0.6) is 0 Å². The molecule has 0 radical (unpaired) electrons. The van der Waals surface area contributed by atoms with Crippen LogP contribution in [0.4, 0.5) is 0 Å². The van der Waals surface area contributed by atoms with Crippen molar-refractivity contribution in [3.05, 3.63) is 0 Å². The quantitative estimate of drug-likeness (QED) is 0.571. The van der Waals surface area contributed by atoms with Crippen molar-refractivity contribution < 1.29 is 4.79 Å². The van der Waals surface area contributed by atoms with Gasteiger partial charge < -0.3 is 11.1 Å². The molecule has 4 heteroatoms. The van der Waals surface area contributed by atoms with E-state index < -0.39 is 0 Å². The van der Waals surface area contributed by atoms with E-state index in [1.54, 1.807) is 0 Å². The van der Waals surface area contributed by atoms with E-state index in [-0.39, 0.29) is 5.91 Å². The van der Waals surface area contributed by atoms with Crippen molar-refractivity contribution in [1.29, 1.82) is 0 Å². The number of nitrogens with two attached hydrogens (primary N) is 1. The predicted molar refractivity (Wildman–Crippen MR) is 61.6 cm³/mol. The molecule has 4 nitrogen and oxygen atoms in total. The Balaban J connectivity index is 2.15. The number of nitrogens with zero attached hydrogens (tertiary/aromatic N) is 1. The summed E-state index contributed by atoms with van der Waals surface area (Å²) in [6, 6.07) is 0.616. The Kier molecular flexibility index (Phi) is 5.65. The van der Waals surface area contributed by atoms with Gasteiger partial charge >= 0.3 is 0 Å². The fourth-order valence-electron chi connectivity index (χ4n) is 1.64. The molecule has 88 valence electrons. The minimum absolute atomic E-state index is 0.142. The molecule has 3 N–H and O–H groups in total. The van der Waals surface area contributed by atoms with Crippen molar-refractivity contribution >= 4 is 5.91 Å². The van der Waals surface area contributed by atoms with Gasteiger partial charge in [-0.05, 0) is 19.3 Å². The first-order valence-electron chi connectivity index (χ1n) is 5.98. The summed E-state index contributed by atoms with van der Waals surface area (Å²) in [7, 11) is 0. The maximum atomic E-state index is 11.5. The highest BCUT2D eigenvalue weighted by atomic mass is 16.2. The fourth-order valence-corrected chi connectivity index (χ4v) is 1.64. The second kappa shape index (κ2) is 6.80. The SMILES string of the molecule is CCCCNC(=O)CN(CCN)C1CC1. The molecular formula is C11H23N3O. The highest BCUT2D eigenvalue weighted by molar-refractivity contribution is 5.78. The molecule has 1 saturated carbocycles. The zero-order chi connectivity index (χ0) is 11.1. The molecule has 0 aliphatic heterocycles. The summed E-state index contributed by atoms with van der Waals surface area (Å²) >= 11 is 0. The maximum Gasteiger partial charge on any atom is 0.234 e. The Labute approximate surface area is 92.2 Å². The van der Waals surface area contributed by atoms with E-state index in [2.05, 4.69) is 17.1 Å². The maximum absolute atomic E-state index is 11.5. The standard InChI is InChI=1S/C11H23N3O/c1-2-3-7-13-11(15)9-14(8-6-12)10-4-5-10/h10H,2-9,12H2,1H3,(H,13,15). The van der Waals surface area contributed by atoms with E-state index in [4.69, 9.17) is 5.73 Å². The Bertz CT molecular complexity index is 192. The van der Waals surface area contributed by atoms with Crippen LogP contribution in [-0.4, -0.2) is 43.0 Å². The van der Waals surface area contributed by atoms with Gasteiger partial charge in [0.25, 0.3) is 0 Å². The van der Waals surface area contributed by atoms with Gasteiger partial charge in [-0.15, -0.1) is 0 Å². The second-order valence-electron chi connectivity index (χ2n) is 4.19. The monoisotopic (exact) mass is 213 g/mol. The Hall–Kier alpha value is -0.610. The molecule has 1 fully saturated rings. The number of unbranched alkanes of at least 4 members (excludes halogenated alkanes) is 1. The lowest BCUT2D eigenvalue weighted by Gasteiger charge is -2.20. The minimum Gasteiger partial charge on any atom is -0.355 e. The van der Waals surface area contributed by atoms with E-state index in [9.17, 15) is 4.79 Å². The van der Waals surface area contributed by atoms with Gasteiger partial charge in [-0.1, -0.05) is 13.3 Å². The smallest absolute Gasteiger partial charge is 0.234 e. The third-order valence-electron chi connectivity index (χ3n) is 2.68. The Morgan fingerprint density at radius 2 is 2.27 bits per heavy atom.